The molecule has 0 aliphatic heterocycles. The lowest BCUT2D eigenvalue weighted by molar-refractivity contribution is 0.241. The second-order valence-electron chi connectivity index (χ2n) is 3.63. The fourth-order valence-corrected chi connectivity index (χ4v) is 1.72. The Bertz CT molecular complexity index is 496. The second-order valence-corrected chi connectivity index (χ2v) is 3.97. The second kappa shape index (κ2) is 5.98. The first-order chi connectivity index (χ1) is 8.13. The molecule has 0 fully saturated rings. The summed E-state index contributed by atoms with van der Waals surface area (Å²) in [6.45, 7) is 7.99. The van der Waals surface area contributed by atoms with E-state index < -0.39 is 0 Å². The number of nitrogens with zero attached hydrogens (tertiary/aromatic N) is 3. The molecule has 2 aromatic heterocycles. The Morgan fingerprint density at radius 2 is 2.12 bits per heavy atom. The molecular formula is C12H18ClN3O. The van der Waals surface area contributed by atoms with Gasteiger partial charge in [-0.3, -0.25) is 0 Å². The molecule has 0 saturated carbocycles. The predicted octanol–water partition coefficient (Wildman–Crippen LogP) is 2.97. The average molecular weight is 256 g/mol. The molecule has 1 unspecified atom stereocenters. The van der Waals surface area contributed by atoms with E-state index in [2.05, 4.69) is 9.97 Å². The highest BCUT2D eigenvalue weighted by molar-refractivity contribution is 6.28. The van der Waals surface area contributed by atoms with Crippen molar-refractivity contribution in [3.8, 4) is 0 Å². The highest BCUT2D eigenvalue weighted by Crippen LogP contribution is 2.22. The summed E-state index contributed by atoms with van der Waals surface area (Å²) < 4.78 is 1.91. The lowest BCUT2D eigenvalue weighted by atomic mass is 10.3. The molecule has 17 heavy (non-hydrogen) atoms. The van der Waals surface area contributed by atoms with Gasteiger partial charge in [0, 0.05) is 17.8 Å². The van der Waals surface area contributed by atoms with E-state index in [9.17, 15) is 0 Å². The van der Waals surface area contributed by atoms with E-state index in [-0.39, 0.29) is 17.9 Å². The zero-order valence-electron chi connectivity index (χ0n) is 10.6. The molecule has 2 heterocycles. The molecule has 0 amide bonds. The van der Waals surface area contributed by atoms with Gasteiger partial charge in [-0.05, 0) is 31.0 Å². The minimum absolute atomic E-state index is 0.00725. The van der Waals surface area contributed by atoms with Crippen LogP contribution in [0.25, 0.3) is 11.0 Å². The summed E-state index contributed by atoms with van der Waals surface area (Å²) >= 11 is 5.75. The largest absolute Gasteiger partial charge is 0.394 e. The predicted molar refractivity (Wildman–Crippen MR) is 70.4 cm³/mol. The molecule has 2 aromatic rings. The maximum absolute atomic E-state index is 9.13. The molecule has 0 aromatic carbocycles. The standard InChI is InChI=1S/C10H12ClN3O.C2H6/c1-6-4-14(7(2)5-15)9-8(6)3-12-10(11)13-9;1-2/h3-4,7,15H,5H2,1-2H3;1-2H3. The van der Waals surface area contributed by atoms with Crippen LogP contribution in [-0.4, -0.2) is 26.2 Å². The van der Waals surface area contributed by atoms with Gasteiger partial charge < -0.3 is 9.67 Å². The molecule has 0 spiro atoms. The lowest BCUT2D eigenvalue weighted by Crippen LogP contribution is -2.08. The van der Waals surface area contributed by atoms with Crippen LogP contribution >= 0.6 is 11.6 Å². The molecule has 0 aliphatic carbocycles. The Labute approximate surface area is 106 Å². The summed E-state index contributed by atoms with van der Waals surface area (Å²) in [7, 11) is 0. The van der Waals surface area contributed by atoms with Crippen LogP contribution in [0, 0.1) is 6.92 Å². The van der Waals surface area contributed by atoms with Gasteiger partial charge in [-0.25, -0.2) is 4.98 Å². The minimum Gasteiger partial charge on any atom is -0.394 e. The van der Waals surface area contributed by atoms with Gasteiger partial charge in [0.1, 0.15) is 5.65 Å². The Morgan fingerprint density at radius 3 is 2.71 bits per heavy atom. The quantitative estimate of drug-likeness (QED) is 0.840. The Kier molecular flexibility index (Phi) is 4.90. The van der Waals surface area contributed by atoms with E-state index in [4.69, 9.17) is 16.7 Å². The first-order valence-electron chi connectivity index (χ1n) is 5.74. The van der Waals surface area contributed by atoms with E-state index in [0.29, 0.717) is 0 Å². The summed E-state index contributed by atoms with van der Waals surface area (Å²) in [5.74, 6) is 0. The molecule has 2 rings (SSSR count). The molecule has 1 atom stereocenters. The van der Waals surface area contributed by atoms with Gasteiger partial charge in [-0.2, -0.15) is 4.98 Å². The number of aromatic nitrogens is 3. The third-order valence-corrected chi connectivity index (χ3v) is 2.66. The van der Waals surface area contributed by atoms with Crippen LogP contribution in [0.2, 0.25) is 5.28 Å². The first-order valence-corrected chi connectivity index (χ1v) is 6.12. The zero-order chi connectivity index (χ0) is 13.0. The SMILES string of the molecule is CC.Cc1cn(C(C)CO)c2nc(Cl)ncc12. The maximum atomic E-state index is 9.13. The van der Waals surface area contributed by atoms with Gasteiger partial charge in [0.2, 0.25) is 5.28 Å². The van der Waals surface area contributed by atoms with E-state index in [1.54, 1.807) is 6.20 Å². The van der Waals surface area contributed by atoms with Crippen LogP contribution < -0.4 is 0 Å². The number of halogens is 1. The van der Waals surface area contributed by atoms with Crippen molar-refractivity contribution in [2.24, 2.45) is 0 Å². The molecule has 0 saturated heterocycles. The third-order valence-electron chi connectivity index (χ3n) is 2.48. The van der Waals surface area contributed by atoms with Gasteiger partial charge >= 0.3 is 0 Å². The van der Waals surface area contributed by atoms with Crippen LogP contribution in [0.4, 0.5) is 0 Å². The van der Waals surface area contributed by atoms with Crippen LogP contribution in [0.15, 0.2) is 12.4 Å². The molecule has 94 valence electrons. The Morgan fingerprint density at radius 1 is 1.47 bits per heavy atom. The average Bonchev–Trinajstić information content (AvgIpc) is 2.68. The number of hydrogen-bond donors (Lipinski definition) is 1. The van der Waals surface area contributed by atoms with E-state index in [1.165, 1.54) is 0 Å². The van der Waals surface area contributed by atoms with Crippen molar-refractivity contribution in [3.63, 3.8) is 0 Å². The summed E-state index contributed by atoms with van der Waals surface area (Å²) in [4.78, 5) is 8.12. The van der Waals surface area contributed by atoms with Crippen molar-refractivity contribution in [2.75, 3.05) is 6.61 Å². The minimum atomic E-state index is -0.00725. The van der Waals surface area contributed by atoms with Crippen LogP contribution in [0.1, 0.15) is 32.4 Å². The van der Waals surface area contributed by atoms with Gasteiger partial charge in [-0.15, -0.1) is 0 Å². The number of rotatable bonds is 2. The molecule has 1 N–H and O–H groups in total. The third kappa shape index (κ3) is 2.76. The molecule has 0 aliphatic rings. The van der Waals surface area contributed by atoms with Crippen molar-refractivity contribution < 1.29 is 5.11 Å². The normalized spacial score (nSPS) is 12.1. The monoisotopic (exact) mass is 255 g/mol. The molecular weight excluding hydrogens is 238 g/mol. The number of aliphatic hydroxyl groups is 1. The number of aryl methyl sites for hydroxylation is 1. The zero-order valence-corrected chi connectivity index (χ0v) is 11.4. The number of aliphatic hydroxyl groups excluding tert-OH is 1. The van der Waals surface area contributed by atoms with Crippen molar-refractivity contribution >= 4 is 22.6 Å². The fourth-order valence-electron chi connectivity index (χ4n) is 1.59. The van der Waals surface area contributed by atoms with Crippen molar-refractivity contribution in [3.05, 3.63) is 23.2 Å². The van der Waals surface area contributed by atoms with Gasteiger partial charge in [0.25, 0.3) is 0 Å². The van der Waals surface area contributed by atoms with E-state index in [1.807, 2.05) is 38.5 Å². The maximum Gasteiger partial charge on any atom is 0.224 e. The van der Waals surface area contributed by atoms with E-state index in [0.717, 1.165) is 16.6 Å². The lowest BCUT2D eigenvalue weighted by Gasteiger charge is -2.10. The highest BCUT2D eigenvalue weighted by atomic mass is 35.5. The number of hydrogen-bond acceptors (Lipinski definition) is 3. The number of fused-ring (bicyclic) bond motifs is 1. The molecule has 0 radical (unpaired) electrons. The smallest absolute Gasteiger partial charge is 0.224 e. The highest BCUT2D eigenvalue weighted by Gasteiger charge is 2.12. The summed E-state index contributed by atoms with van der Waals surface area (Å²) in [6, 6.07) is -0.00725. The van der Waals surface area contributed by atoms with E-state index >= 15 is 0 Å². The summed E-state index contributed by atoms with van der Waals surface area (Å²) in [6.07, 6.45) is 3.66. The van der Waals surface area contributed by atoms with Gasteiger partial charge in [-0.1, -0.05) is 13.8 Å². The fraction of sp³-hybridized carbons (Fsp3) is 0.500. The van der Waals surface area contributed by atoms with Crippen LogP contribution in [-0.2, 0) is 0 Å². The van der Waals surface area contributed by atoms with Crippen LogP contribution in [0.5, 0.6) is 0 Å². The van der Waals surface area contributed by atoms with Gasteiger partial charge in [0.15, 0.2) is 0 Å². The molecule has 0 bridgehead atoms. The van der Waals surface area contributed by atoms with Crippen LogP contribution in [0.3, 0.4) is 0 Å². The summed E-state index contributed by atoms with van der Waals surface area (Å²) in [5.41, 5.74) is 1.86. The van der Waals surface area contributed by atoms with Crippen molar-refractivity contribution in [1.29, 1.82) is 0 Å². The topological polar surface area (TPSA) is 50.9 Å². The van der Waals surface area contributed by atoms with Gasteiger partial charge in [0.05, 0.1) is 12.6 Å². The van der Waals surface area contributed by atoms with Crippen molar-refractivity contribution in [1.82, 2.24) is 14.5 Å². The summed E-state index contributed by atoms with van der Waals surface area (Å²) in [5, 5.41) is 10.3. The Balaban J connectivity index is 0.000000686. The Hall–Kier alpha value is -1.13. The molecule has 4 nitrogen and oxygen atoms in total. The molecule has 5 heteroatoms. The first kappa shape index (κ1) is 13.9. The van der Waals surface area contributed by atoms with Crippen molar-refractivity contribution in [2.45, 2.75) is 33.7 Å².